The van der Waals surface area contributed by atoms with Crippen LogP contribution in [-0.4, -0.2) is 43.8 Å². The summed E-state index contributed by atoms with van der Waals surface area (Å²) in [5.41, 5.74) is -0.388. The summed E-state index contributed by atoms with van der Waals surface area (Å²) in [6.45, 7) is 4.85. The second-order valence-electron chi connectivity index (χ2n) is 6.04. The highest BCUT2D eigenvalue weighted by molar-refractivity contribution is 6.02. The molecule has 0 spiro atoms. The number of amides is 2. The van der Waals surface area contributed by atoms with Crippen LogP contribution in [0.15, 0.2) is 12.1 Å². The van der Waals surface area contributed by atoms with E-state index in [9.17, 15) is 14.4 Å². The molecule has 1 heterocycles. The largest absolute Gasteiger partial charge is 0.476 e. The molecule has 1 N–H and O–H groups in total. The number of benzene rings is 1. The molecule has 8 heteroatoms. The Morgan fingerprint density at radius 1 is 1.38 bits per heavy atom. The number of terminal acetylenes is 1. The van der Waals surface area contributed by atoms with E-state index in [-0.39, 0.29) is 24.7 Å². The van der Waals surface area contributed by atoms with Gasteiger partial charge in [-0.05, 0) is 13.8 Å². The number of hydrogen-bond acceptors (Lipinski definition) is 6. The van der Waals surface area contributed by atoms with Gasteiger partial charge in [0, 0.05) is 32.1 Å². The number of esters is 1. The van der Waals surface area contributed by atoms with Crippen LogP contribution in [-0.2, 0) is 14.3 Å². The summed E-state index contributed by atoms with van der Waals surface area (Å²) in [6, 6.07) is 3.03. The molecule has 0 aromatic heterocycles. The number of ether oxygens (including phenoxy) is 3. The summed E-state index contributed by atoms with van der Waals surface area (Å²) in [4.78, 5) is 36.7. The predicted molar refractivity (Wildman–Crippen MR) is 93.2 cm³/mol. The molecule has 0 aliphatic carbocycles. The van der Waals surface area contributed by atoms with Crippen molar-refractivity contribution in [2.24, 2.45) is 0 Å². The SMILES string of the molecule is C#Cc1cc2c(cc1OC(C)=O)N(CCNC(=O)OC)C(=O)C(C)(C)O2. The first-order valence-electron chi connectivity index (χ1n) is 7.85. The standard InChI is InChI=1S/C18H20N2O6/c1-6-12-9-15-13(10-14(12)25-11(2)21)20(8-7-19-17(23)24-5)16(22)18(3,4)26-15/h1,9-10H,7-8H2,2-5H3,(H,19,23). The van der Waals surface area contributed by atoms with Crippen molar-refractivity contribution in [3.8, 4) is 23.8 Å². The van der Waals surface area contributed by atoms with Crippen molar-refractivity contribution in [1.29, 1.82) is 0 Å². The van der Waals surface area contributed by atoms with E-state index in [0.717, 1.165) is 0 Å². The molecule has 0 unspecified atom stereocenters. The van der Waals surface area contributed by atoms with Gasteiger partial charge in [-0.15, -0.1) is 6.42 Å². The minimum Gasteiger partial charge on any atom is -0.476 e. The van der Waals surface area contributed by atoms with E-state index < -0.39 is 17.7 Å². The predicted octanol–water partition coefficient (Wildman–Crippen LogP) is 1.45. The molecular formula is C18H20N2O6. The van der Waals surface area contributed by atoms with E-state index in [1.54, 1.807) is 19.9 Å². The third-order valence-electron chi connectivity index (χ3n) is 3.68. The van der Waals surface area contributed by atoms with Gasteiger partial charge in [0.05, 0.1) is 18.4 Å². The van der Waals surface area contributed by atoms with Gasteiger partial charge in [0.1, 0.15) is 11.5 Å². The molecule has 0 radical (unpaired) electrons. The fourth-order valence-electron chi connectivity index (χ4n) is 2.51. The van der Waals surface area contributed by atoms with Crippen LogP contribution in [0.2, 0.25) is 0 Å². The van der Waals surface area contributed by atoms with Crippen LogP contribution in [0.1, 0.15) is 26.3 Å². The molecule has 8 nitrogen and oxygen atoms in total. The highest BCUT2D eigenvalue weighted by Gasteiger charge is 2.41. The van der Waals surface area contributed by atoms with Crippen LogP contribution >= 0.6 is 0 Å². The van der Waals surface area contributed by atoms with Crippen molar-refractivity contribution in [3.05, 3.63) is 17.7 Å². The number of rotatable bonds is 4. The van der Waals surface area contributed by atoms with Gasteiger partial charge in [-0.25, -0.2) is 4.79 Å². The van der Waals surface area contributed by atoms with Gasteiger partial charge in [0.15, 0.2) is 5.60 Å². The number of nitrogens with one attached hydrogen (secondary N) is 1. The molecule has 0 atom stereocenters. The second-order valence-corrected chi connectivity index (χ2v) is 6.04. The Hall–Kier alpha value is -3.21. The van der Waals surface area contributed by atoms with Gasteiger partial charge in [0.25, 0.3) is 5.91 Å². The number of hydrogen-bond donors (Lipinski definition) is 1. The lowest BCUT2D eigenvalue weighted by molar-refractivity contribution is -0.132. The first-order valence-corrected chi connectivity index (χ1v) is 7.85. The Morgan fingerprint density at radius 2 is 2.08 bits per heavy atom. The van der Waals surface area contributed by atoms with Crippen LogP contribution in [0, 0.1) is 12.3 Å². The number of carbonyl (C=O) groups excluding carboxylic acids is 3. The Morgan fingerprint density at radius 3 is 2.65 bits per heavy atom. The first kappa shape index (κ1) is 19.1. The molecule has 0 bridgehead atoms. The highest BCUT2D eigenvalue weighted by Crippen LogP contribution is 2.41. The summed E-state index contributed by atoms with van der Waals surface area (Å²) in [6.07, 6.45) is 4.88. The van der Waals surface area contributed by atoms with Crippen molar-refractivity contribution >= 4 is 23.7 Å². The molecule has 2 amide bonds. The van der Waals surface area contributed by atoms with Crippen molar-refractivity contribution < 1.29 is 28.6 Å². The van der Waals surface area contributed by atoms with E-state index in [4.69, 9.17) is 15.9 Å². The highest BCUT2D eigenvalue weighted by atomic mass is 16.5. The van der Waals surface area contributed by atoms with E-state index in [1.165, 1.54) is 25.0 Å². The Kier molecular flexibility index (Phi) is 5.41. The van der Waals surface area contributed by atoms with Gasteiger partial charge in [-0.3, -0.25) is 9.59 Å². The lowest BCUT2D eigenvalue weighted by Gasteiger charge is -2.39. The summed E-state index contributed by atoms with van der Waals surface area (Å²) >= 11 is 0. The zero-order valence-electron chi connectivity index (χ0n) is 15.0. The topological polar surface area (TPSA) is 94.2 Å². The number of alkyl carbamates (subject to hydrolysis) is 1. The van der Waals surface area contributed by atoms with E-state index in [0.29, 0.717) is 17.0 Å². The van der Waals surface area contributed by atoms with Gasteiger partial charge >= 0.3 is 12.1 Å². The monoisotopic (exact) mass is 360 g/mol. The number of methoxy groups -OCH3 is 1. The van der Waals surface area contributed by atoms with Crippen molar-refractivity contribution in [2.75, 3.05) is 25.1 Å². The summed E-state index contributed by atoms with van der Waals surface area (Å²) in [5, 5.41) is 2.51. The van der Waals surface area contributed by atoms with E-state index in [1.807, 2.05) is 0 Å². The number of fused-ring (bicyclic) bond motifs is 1. The molecule has 26 heavy (non-hydrogen) atoms. The quantitative estimate of drug-likeness (QED) is 0.496. The number of nitrogens with zero attached hydrogens (tertiary/aromatic N) is 1. The van der Waals surface area contributed by atoms with Crippen LogP contribution in [0.4, 0.5) is 10.5 Å². The smallest absolute Gasteiger partial charge is 0.406 e. The zero-order valence-corrected chi connectivity index (χ0v) is 15.0. The summed E-state index contributed by atoms with van der Waals surface area (Å²) in [7, 11) is 1.25. The Labute approximate surface area is 151 Å². The maximum atomic E-state index is 12.8. The average Bonchev–Trinajstić information content (AvgIpc) is 2.57. The summed E-state index contributed by atoms with van der Waals surface area (Å²) in [5.74, 6) is 2.13. The lowest BCUT2D eigenvalue weighted by Crippen LogP contribution is -2.54. The fourth-order valence-corrected chi connectivity index (χ4v) is 2.51. The normalized spacial score (nSPS) is 14.6. The van der Waals surface area contributed by atoms with Crippen molar-refractivity contribution in [2.45, 2.75) is 26.4 Å². The molecule has 1 aromatic rings. The maximum absolute atomic E-state index is 12.8. The molecular weight excluding hydrogens is 340 g/mol. The van der Waals surface area contributed by atoms with Crippen LogP contribution in [0.25, 0.3) is 0 Å². The van der Waals surface area contributed by atoms with Crippen LogP contribution < -0.4 is 19.7 Å². The van der Waals surface area contributed by atoms with Gasteiger partial charge in [0.2, 0.25) is 0 Å². The molecule has 2 rings (SSSR count). The van der Waals surface area contributed by atoms with Gasteiger partial charge in [-0.2, -0.15) is 0 Å². The molecule has 1 aliphatic rings. The van der Waals surface area contributed by atoms with E-state index >= 15 is 0 Å². The first-order chi connectivity index (χ1) is 12.2. The van der Waals surface area contributed by atoms with E-state index in [2.05, 4.69) is 16.0 Å². The van der Waals surface area contributed by atoms with Crippen molar-refractivity contribution in [1.82, 2.24) is 5.32 Å². The Balaban J connectivity index is 2.42. The average molecular weight is 360 g/mol. The maximum Gasteiger partial charge on any atom is 0.406 e. The molecule has 0 saturated heterocycles. The molecule has 1 aromatic carbocycles. The fraction of sp³-hybridized carbons (Fsp3) is 0.389. The van der Waals surface area contributed by atoms with Crippen LogP contribution in [0.5, 0.6) is 11.5 Å². The van der Waals surface area contributed by atoms with Gasteiger partial charge in [-0.1, -0.05) is 5.92 Å². The third kappa shape index (κ3) is 3.88. The lowest BCUT2D eigenvalue weighted by atomic mass is 10.0. The third-order valence-corrected chi connectivity index (χ3v) is 3.68. The molecule has 138 valence electrons. The Bertz CT molecular complexity index is 794. The van der Waals surface area contributed by atoms with Crippen LogP contribution in [0.3, 0.4) is 0 Å². The zero-order chi connectivity index (χ0) is 19.5. The minimum absolute atomic E-state index is 0.154. The van der Waals surface area contributed by atoms with Crippen molar-refractivity contribution in [3.63, 3.8) is 0 Å². The molecule has 0 fully saturated rings. The number of carbonyl (C=O) groups is 3. The molecule has 0 saturated carbocycles. The molecule has 1 aliphatic heterocycles. The van der Waals surface area contributed by atoms with Gasteiger partial charge < -0.3 is 24.4 Å². The second kappa shape index (κ2) is 7.35. The number of anilines is 1. The summed E-state index contributed by atoms with van der Waals surface area (Å²) < 4.78 is 15.4. The minimum atomic E-state index is -1.12.